The lowest BCUT2D eigenvalue weighted by atomic mass is 9.84. The van der Waals surface area contributed by atoms with Crippen LogP contribution in [0, 0.1) is 0 Å². The molecule has 0 radical (unpaired) electrons. The summed E-state index contributed by atoms with van der Waals surface area (Å²) in [6.07, 6.45) is 6.57. The molecule has 1 saturated carbocycles. The molecule has 1 atom stereocenters. The van der Waals surface area contributed by atoms with E-state index in [0.717, 1.165) is 4.90 Å². The summed E-state index contributed by atoms with van der Waals surface area (Å²) < 4.78 is 5.00. The molecule has 0 spiro atoms. The van der Waals surface area contributed by atoms with Gasteiger partial charge in [0.15, 0.2) is 12.4 Å². The van der Waals surface area contributed by atoms with Crippen LogP contribution in [0.2, 0.25) is 0 Å². The summed E-state index contributed by atoms with van der Waals surface area (Å²) in [5.41, 5.74) is 0.717. The molecule has 1 aromatic carbocycles. The molecule has 7 nitrogen and oxygen atoms in total. The molecule has 7 heteroatoms. The molecule has 1 saturated heterocycles. The van der Waals surface area contributed by atoms with Crippen molar-refractivity contribution in [2.75, 3.05) is 13.2 Å². The first-order valence-electron chi connectivity index (χ1n) is 10.3. The van der Waals surface area contributed by atoms with E-state index in [1.54, 1.807) is 26.0 Å². The highest BCUT2D eigenvalue weighted by atomic mass is 16.5. The normalized spacial score (nSPS) is 22.5. The van der Waals surface area contributed by atoms with Crippen molar-refractivity contribution >= 4 is 23.7 Å². The van der Waals surface area contributed by atoms with Crippen LogP contribution in [-0.2, 0) is 14.3 Å². The Hall–Kier alpha value is -2.70. The smallest absolute Gasteiger partial charge is 0.326 e. The maximum absolute atomic E-state index is 12.3. The third-order valence-corrected chi connectivity index (χ3v) is 6.01. The molecular formula is C22H28N2O5. The molecule has 1 aliphatic carbocycles. The number of benzene rings is 1. The Balaban J connectivity index is 1.50. The number of nitrogens with one attached hydrogen (secondary N) is 1. The first-order chi connectivity index (χ1) is 13.8. The largest absolute Gasteiger partial charge is 0.456 e. The lowest BCUT2D eigenvalue weighted by molar-refractivity contribution is -0.146. The molecule has 1 N–H and O–H groups in total. The number of carbonyl (C=O) groups excluding carboxylic acids is 4. The Labute approximate surface area is 170 Å². The minimum atomic E-state index is -1.01. The Morgan fingerprint density at radius 1 is 1.14 bits per heavy atom. The molecule has 2 aliphatic rings. The maximum atomic E-state index is 12.3. The number of esters is 1. The van der Waals surface area contributed by atoms with Crippen LogP contribution < -0.4 is 5.32 Å². The fourth-order valence-corrected chi connectivity index (χ4v) is 3.91. The molecule has 0 bridgehead atoms. The van der Waals surface area contributed by atoms with Crippen LogP contribution in [0.4, 0.5) is 4.79 Å². The summed E-state index contributed by atoms with van der Waals surface area (Å²) in [5, 5.41) is 2.57. The van der Waals surface area contributed by atoms with Crippen LogP contribution in [0.15, 0.2) is 24.3 Å². The average Bonchev–Trinajstić information content (AvgIpc) is 2.96. The first kappa shape index (κ1) is 21.0. The predicted octanol–water partition coefficient (Wildman–Crippen LogP) is 3.18. The number of hydrogen-bond donors (Lipinski definition) is 1. The third kappa shape index (κ3) is 4.66. The Morgan fingerprint density at radius 2 is 1.79 bits per heavy atom. The summed E-state index contributed by atoms with van der Waals surface area (Å²) in [6, 6.07) is 6.86. The number of amides is 3. The van der Waals surface area contributed by atoms with Crippen molar-refractivity contribution in [3.63, 3.8) is 0 Å². The molecular weight excluding hydrogens is 372 g/mol. The second-order valence-electron chi connectivity index (χ2n) is 8.05. The summed E-state index contributed by atoms with van der Waals surface area (Å²) in [5.74, 6) is -1.01. The van der Waals surface area contributed by atoms with Crippen molar-refractivity contribution in [1.29, 1.82) is 0 Å². The minimum absolute atomic E-state index is 0.316. The van der Waals surface area contributed by atoms with Crippen molar-refractivity contribution in [2.24, 2.45) is 0 Å². The number of hydrogen-bond acceptors (Lipinski definition) is 5. The van der Waals surface area contributed by atoms with E-state index in [4.69, 9.17) is 4.74 Å². The average molecular weight is 400 g/mol. The standard InChI is InChI=1S/C22H28N2O5/c1-3-22(2)20(27)24(21(28)23-22)13-19(26)29-14-18(25)17-11-9-16(10-12-17)15-7-5-4-6-8-15/h9-12,15H,3-8,13-14H2,1-2H3,(H,23,28)/t22-/m1/s1. The van der Waals surface area contributed by atoms with E-state index in [2.05, 4.69) is 5.32 Å². The molecule has 29 heavy (non-hydrogen) atoms. The SMILES string of the molecule is CC[C@@]1(C)NC(=O)N(CC(=O)OCC(=O)c2ccc(C3CCCCC3)cc2)C1=O. The number of ether oxygens (including phenoxy) is 1. The van der Waals surface area contributed by atoms with Crippen LogP contribution in [-0.4, -0.2) is 47.3 Å². The van der Waals surface area contributed by atoms with Crippen molar-refractivity contribution in [3.8, 4) is 0 Å². The van der Waals surface area contributed by atoms with Gasteiger partial charge < -0.3 is 10.1 Å². The van der Waals surface area contributed by atoms with Gasteiger partial charge in [0.05, 0.1) is 0 Å². The van der Waals surface area contributed by atoms with E-state index in [1.807, 2.05) is 12.1 Å². The molecule has 0 unspecified atom stereocenters. The van der Waals surface area contributed by atoms with Crippen molar-refractivity contribution in [2.45, 2.75) is 63.8 Å². The van der Waals surface area contributed by atoms with Crippen molar-refractivity contribution < 1.29 is 23.9 Å². The lowest BCUT2D eigenvalue weighted by Gasteiger charge is -2.22. The van der Waals surface area contributed by atoms with Gasteiger partial charge >= 0.3 is 12.0 Å². The molecule has 1 aromatic rings. The zero-order valence-electron chi connectivity index (χ0n) is 17.0. The molecule has 1 heterocycles. The van der Waals surface area contributed by atoms with Crippen LogP contribution in [0.25, 0.3) is 0 Å². The molecule has 1 aliphatic heterocycles. The zero-order chi connectivity index (χ0) is 21.0. The topological polar surface area (TPSA) is 92.8 Å². The van der Waals surface area contributed by atoms with Gasteiger partial charge in [-0.2, -0.15) is 0 Å². The lowest BCUT2D eigenvalue weighted by Crippen LogP contribution is -2.43. The molecule has 156 valence electrons. The zero-order valence-corrected chi connectivity index (χ0v) is 17.0. The summed E-state index contributed by atoms with van der Waals surface area (Å²) >= 11 is 0. The molecule has 3 rings (SSSR count). The van der Waals surface area contributed by atoms with Crippen molar-refractivity contribution in [3.05, 3.63) is 35.4 Å². The van der Waals surface area contributed by atoms with Crippen LogP contribution in [0.3, 0.4) is 0 Å². The quantitative estimate of drug-likeness (QED) is 0.431. The summed E-state index contributed by atoms with van der Waals surface area (Å²) in [6.45, 7) is 2.46. The Morgan fingerprint density at radius 3 is 2.38 bits per heavy atom. The van der Waals surface area contributed by atoms with Gasteiger partial charge in [0.1, 0.15) is 12.1 Å². The fourth-order valence-electron chi connectivity index (χ4n) is 3.91. The van der Waals surface area contributed by atoms with Crippen LogP contribution in [0.1, 0.15) is 74.2 Å². The number of urea groups is 1. The van der Waals surface area contributed by atoms with Gasteiger partial charge in [0.25, 0.3) is 5.91 Å². The van der Waals surface area contributed by atoms with E-state index >= 15 is 0 Å². The number of rotatable bonds is 7. The fraction of sp³-hybridized carbons (Fsp3) is 0.545. The van der Waals surface area contributed by atoms with Gasteiger partial charge in [-0.1, -0.05) is 50.5 Å². The third-order valence-electron chi connectivity index (χ3n) is 6.01. The summed E-state index contributed by atoms with van der Waals surface area (Å²) in [4.78, 5) is 49.4. The Bertz CT molecular complexity index is 798. The monoisotopic (exact) mass is 400 g/mol. The van der Waals surface area contributed by atoms with Gasteiger partial charge in [0.2, 0.25) is 0 Å². The number of ketones is 1. The van der Waals surface area contributed by atoms with Gasteiger partial charge in [-0.3, -0.25) is 19.3 Å². The Kier molecular flexibility index (Phi) is 6.35. The molecule has 2 fully saturated rings. The van der Waals surface area contributed by atoms with Crippen molar-refractivity contribution in [1.82, 2.24) is 10.2 Å². The van der Waals surface area contributed by atoms with E-state index in [0.29, 0.717) is 17.9 Å². The highest BCUT2D eigenvalue weighted by molar-refractivity contribution is 6.08. The minimum Gasteiger partial charge on any atom is -0.456 e. The van der Waals surface area contributed by atoms with E-state index in [9.17, 15) is 19.2 Å². The summed E-state index contributed by atoms with van der Waals surface area (Å²) in [7, 11) is 0. The highest BCUT2D eigenvalue weighted by Gasteiger charge is 2.47. The van der Waals surface area contributed by atoms with Gasteiger partial charge in [0, 0.05) is 5.56 Å². The number of imide groups is 1. The van der Waals surface area contributed by atoms with E-state index < -0.39 is 36.6 Å². The van der Waals surface area contributed by atoms with Gasteiger partial charge in [-0.05, 0) is 37.7 Å². The second kappa shape index (κ2) is 8.76. The van der Waals surface area contributed by atoms with Gasteiger partial charge in [-0.25, -0.2) is 4.79 Å². The van der Waals surface area contributed by atoms with Crippen LogP contribution >= 0.6 is 0 Å². The molecule has 0 aromatic heterocycles. The number of nitrogens with zero attached hydrogens (tertiary/aromatic N) is 1. The first-order valence-corrected chi connectivity index (χ1v) is 10.3. The maximum Gasteiger partial charge on any atom is 0.326 e. The highest BCUT2D eigenvalue weighted by Crippen LogP contribution is 2.32. The second-order valence-corrected chi connectivity index (χ2v) is 8.05. The van der Waals surface area contributed by atoms with Crippen LogP contribution in [0.5, 0.6) is 0 Å². The van der Waals surface area contributed by atoms with E-state index in [1.165, 1.54) is 37.7 Å². The number of Topliss-reactive ketones (excluding diaryl/α,β-unsaturated/α-hetero) is 1. The number of carbonyl (C=O) groups is 4. The predicted molar refractivity (Wildman–Crippen MR) is 106 cm³/mol. The van der Waals surface area contributed by atoms with Gasteiger partial charge in [-0.15, -0.1) is 0 Å². The molecule has 3 amide bonds. The van der Waals surface area contributed by atoms with E-state index in [-0.39, 0.29) is 5.78 Å².